The summed E-state index contributed by atoms with van der Waals surface area (Å²) in [7, 11) is 0. The van der Waals surface area contributed by atoms with Gasteiger partial charge in [0.2, 0.25) is 11.8 Å². The molecule has 3 aromatic rings. The summed E-state index contributed by atoms with van der Waals surface area (Å²) in [4.78, 5) is 28.3. The van der Waals surface area contributed by atoms with Gasteiger partial charge < -0.3 is 21.1 Å². The van der Waals surface area contributed by atoms with E-state index in [1.165, 1.54) is 6.08 Å². The Hall–Kier alpha value is -3.65. The number of amides is 2. The van der Waals surface area contributed by atoms with Crippen LogP contribution < -0.4 is 16.4 Å². The van der Waals surface area contributed by atoms with E-state index in [4.69, 9.17) is 22.1 Å². The first-order chi connectivity index (χ1) is 19.0. The summed E-state index contributed by atoms with van der Waals surface area (Å²) in [5, 5.41) is 6.52. The second kappa shape index (κ2) is 12.5. The van der Waals surface area contributed by atoms with Gasteiger partial charge in [0, 0.05) is 55.0 Å². The number of ether oxygens (including phenoxy) is 1. The normalized spacial score (nSPS) is 20.2. The van der Waals surface area contributed by atoms with Crippen molar-refractivity contribution in [2.45, 2.75) is 24.8 Å². The zero-order valence-electron chi connectivity index (χ0n) is 21.7. The number of hydrogen-bond donors (Lipinski definition) is 3. The maximum Gasteiger partial charge on any atom is 0.248 e. The summed E-state index contributed by atoms with van der Waals surface area (Å²) >= 11 is 6.02. The molecule has 2 atom stereocenters. The fourth-order valence-corrected chi connectivity index (χ4v) is 5.49. The summed E-state index contributed by atoms with van der Waals surface area (Å²) in [5.74, 6) is -0.369. The number of likely N-dealkylation sites (tertiary alicyclic amines) is 1. The zero-order chi connectivity index (χ0) is 27.2. The third-order valence-electron chi connectivity index (χ3n) is 7.51. The topological polar surface area (TPSA) is 96.7 Å². The molecule has 0 aliphatic carbocycles. The van der Waals surface area contributed by atoms with E-state index in [9.17, 15) is 9.59 Å². The highest BCUT2D eigenvalue weighted by Gasteiger charge is 2.41. The first-order valence-electron chi connectivity index (χ1n) is 13.3. The maximum atomic E-state index is 13.5. The fourth-order valence-electron chi connectivity index (χ4n) is 5.37. The van der Waals surface area contributed by atoms with E-state index in [1.807, 2.05) is 36.4 Å². The van der Waals surface area contributed by atoms with Gasteiger partial charge in [0.1, 0.15) is 0 Å². The highest BCUT2D eigenvalue weighted by molar-refractivity contribution is 6.30. The van der Waals surface area contributed by atoms with Gasteiger partial charge in [-0.15, -0.1) is 0 Å². The van der Waals surface area contributed by atoms with Crippen LogP contribution in [0.1, 0.15) is 29.9 Å². The lowest BCUT2D eigenvalue weighted by atomic mass is 9.88. The van der Waals surface area contributed by atoms with Crippen molar-refractivity contribution in [2.24, 2.45) is 5.92 Å². The average Bonchev–Trinajstić information content (AvgIpc) is 3.41. The number of nitrogens with two attached hydrogens (primary N) is 1. The number of benzene rings is 3. The number of nitrogens with one attached hydrogen (secondary N) is 2. The molecule has 0 aromatic heterocycles. The van der Waals surface area contributed by atoms with Crippen molar-refractivity contribution in [2.75, 3.05) is 42.7 Å². The minimum Gasteiger partial charge on any atom is -0.397 e. The Balaban J connectivity index is 1.29. The maximum absolute atomic E-state index is 13.5. The lowest BCUT2D eigenvalue weighted by Crippen LogP contribution is -2.38. The second-order valence-electron chi connectivity index (χ2n) is 10.1. The number of anilines is 3. The molecule has 0 radical (unpaired) electrons. The van der Waals surface area contributed by atoms with E-state index in [0.717, 1.165) is 49.4 Å². The van der Waals surface area contributed by atoms with Crippen LogP contribution >= 0.6 is 11.6 Å². The van der Waals surface area contributed by atoms with E-state index in [-0.39, 0.29) is 23.7 Å². The van der Waals surface area contributed by atoms with Crippen molar-refractivity contribution >= 4 is 46.6 Å². The number of halogens is 1. The zero-order valence-corrected chi connectivity index (χ0v) is 22.4. The van der Waals surface area contributed by atoms with Crippen LogP contribution in [0.3, 0.4) is 0 Å². The Morgan fingerprint density at radius 1 is 0.923 bits per heavy atom. The van der Waals surface area contributed by atoms with Crippen molar-refractivity contribution in [1.29, 1.82) is 0 Å². The molecule has 2 unspecified atom stereocenters. The van der Waals surface area contributed by atoms with Crippen LogP contribution in [0.25, 0.3) is 6.08 Å². The standard InChI is InChI=1S/C31H33ClN4O3/c32-23-10-12-24(13-11-23)34-31(38)27-20-36(25-15-17-39-18-16-25)19-26(27)22-8-5-21(6-9-22)7-14-30(37)35-29-4-2-1-3-28(29)33/h1-14,25-27H,15-20,33H2,(H,34,38)(H,35,37)/b14-7+. The van der Waals surface area contributed by atoms with Crippen molar-refractivity contribution in [1.82, 2.24) is 4.90 Å². The number of nitrogen functional groups attached to an aromatic ring is 1. The molecule has 202 valence electrons. The number of nitrogens with zero attached hydrogens (tertiary/aromatic N) is 1. The van der Waals surface area contributed by atoms with Crippen molar-refractivity contribution < 1.29 is 14.3 Å². The van der Waals surface area contributed by atoms with E-state index >= 15 is 0 Å². The molecule has 5 rings (SSSR count). The highest BCUT2D eigenvalue weighted by Crippen LogP contribution is 2.36. The first-order valence-corrected chi connectivity index (χ1v) is 13.7. The van der Waals surface area contributed by atoms with E-state index in [2.05, 4.69) is 27.7 Å². The number of carbonyl (C=O) groups excluding carboxylic acids is 2. The van der Waals surface area contributed by atoms with E-state index < -0.39 is 0 Å². The van der Waals surface area contributed by atoms with Gasteiger partial charge in [-0.2, -0.15) is 0 Å². The molecule has 7 nitrogen and oxygen atoms in total. The molecule has 2 aliphatic rings. The predicted octanol–water partition coefficient (Wildman–Crippen LogP) is 5.41. The molecule has 8 heteroatoms. The predicted molar refractivity (Wildman–Crippen MR) is 157 cm³/mol. The molecule has 2 fully saturated rings. The molecule has 0 bridgehead atoms. The molecule has 39 heavy (non-hydrogen) atoms. The Labute approximate surface area is 234 Å². The Morgan fingerprint density at radius 2 is 1.64 bits per heavy atom. The van der Waals surface area contributed by atoms with Crippen molar-refractivity contribution in [3.05, 3.63) is 95.0 Å². The molecule has 2 heterocycles. The third kappa shape index (κ3) is 6.87. The molecule has 0 spiro atoms. The summed E-state index contributed by atoms with van der Waals surface area (Å²) in [5.41, 5.74) is 9.76. The average molecular weight is 545 g/mol. The summed E-state index contributed by atoms with van der Waals surface area (Å²) in [6, 6.07) is 22.9. The van der Waals surface area contributed by atoms with Crippen LogP contribution in [0, 0.1) is 5.92 Å². The molecular formula is C31H33ClN4O3. The SMILES string of the molecule is Nc1ccccc1NC(=O)/C=C/c1ccc(C2CN(C3CCOCC3)CC2C(=O)Nc2ccc(Cl)cc2)cc1. The van der Waals surface area contributed by atoms with Crippen LogP contribution in [0.2, 0.25) is 5.02 Å². The van der Waals surface area contributed by atoms with Gasteiger partial charge in [-0.1, -0.05) is 48.0 Å². The molecule has 2 amide bonds. The summed E-state index contributed by atoms with van der Waals surface area (Å²) < 4.78 is 5.57. The number of rotatable bonds is 7. The Morgan fingerprint density at radius 3 is 2.36 bits per heavy atom. The largest absolute Gasteiger partial charge is 0.397 e. The van der Waals surface area contributed by atoms with Gasteiger partial charge in [0.25, 0.3) is 0 Å². The van der Waals surface area contributed by atoms with Crippen LogP contribution in [-0.4, -0.2) is 49.1 Å². The first kappa shape index (κ1) is 26.9. The van der Waals surface area contributed by atoms with Gasteiger partial charge in [-0.25, -0.2) is 0 Å². The Bertz CT molecular complexity index is 1320. The molecular weight excluding hydrogens is 512 g/mol. The number of hydrogen-bond acceptors (Lipinski definition) is 5. The minimum absolute atomic E-state index is 0.0118. The van der Waals surface area contributed by atoms with Crippen molar-refractivity contribution in [3.63, 3.8) is 0 Å². The lowest BCUT2D eigenvalue weighted by molar-refractivity contribution is -0.120. The van der Waals surface area contributed by atoms with Crippen LogP contribution in [0.15, 0.2) is 78.9 Å². The Kier molecular flexibility index (Phi) is 8.61. The molecule has 2 aliphatic heterocycles. The minimum atomic E-state index is -0.251. The molecule has 0 saturated carbocycles. The van der Waals surface area contributed by atoms with Crippen molar-refractivity contribution in [3.8, 4) is 0 Å². The number of para-hydroxylation sites is 2. The lowest BCUT2D eigenvalue weighted by Gasteiger charge is -2.31. The van der Waals surface area contributed by atoms with Gasteiger partial charge >= 0.3 is 0 Å². The number of carbonyl (C=O) groups is 2. The third-order valence-corrected chi connectivity index (χ3v) is 7.77. The monoisotopic (exact) mass is 544 g/mol. The van der Waals surface area contributed by atoms with Gasteiger partial charge in [0.05, 0.1) is 17.3 Å². The molecule has 4 N–H and O–H groups in total. The molecule has 2 saturated heterocycles. The van der Waals surface area contributed by atoms with Gasteiger partial charge in [0.15, 0.2) is 0 Å². The quantitative estimate of drug-likeness (QED) is 0.273. The van der Waals surface area contributed by atoms with Crippen LogP contribution in [0.4, 0.5) is 17.1 Å². The van der Waals surface area contributed by atoms with Gasteiger partial charge in [-0.3, -0.25) is 14.5 Å². The van der Waals surface area contributed by atoms with Crippen LogP contribution in [-0.2, 0) is 14.3 Å². The molecule has 3 aromatic carbocycles. The highest BCUT2D eigenvalue weighted by atomic mass is 35.5. The second-order valence-corrected chi connectivity index (χ2v) is 10.5. The fraction of sp³-hybridized carbons (Fsp3) is 0.290. The van der Waals surface area contributed by atoms with Crippen LogP contribution in [0.5, 0.6) is 0 Å². The summed E-state index contributed by atoms with van der Waals surface area (Å²) in [6.45, 7) is 3.05. The van der Waals surface area contributed by atoms with E-state index in [1.54, 1.807) is 30.3 Å². The van der Waals surface area contributed by atoms with E-state index in [0.29, 0.717) is 29.0 Å². The smallest absolute Gasteiger partial charge is 0.248 e. The summed E-state index contributed by atoms with van der Waals surface area (Å²) in [6.07, 6.45) is 5.23. The van der Waals surface area contributed by atoms with Gasteiger partial charge in [-0.05, 0) is 66.4 Å².